The Hall–Kier alpha value is -3.04. The summed E-state index contributed by atoms with van der Waals surface area (Å²) in [6.07, 6.45) is 2.23. The van der Waals surface area contributed by atoms with Crippen molar-refractivity contribution in [3.63, 3.8) is 0 Å². The SMILES string of the molecule is CCOC(=O)/C=C(/C)NNC(=O)C(=O)NN/C(C)=C\C(=O)OCC. The summed E-state index contributed by atoms with van der Waals surface area (Å²) in [4.78, 5) is 45.4. The molecule has 0 bridgehead atoms. The number of esters is 2. The molecule has 24 heavy (non-hydrogen) atoms. The van der Waals surface area contributed by atoms with Crippen molar-refractivity contribution in [2.45, 2.75) is 27.7 Å². The third-order valence-electron chi connectivity index (χ3n) is 2.19. The zero-order chi connectivity index (χ0) is 18.5. The number of ether oxygens (including phenoxy) is 2. The van der Waals surface area contributed by atoms with Gasteiger partial charge in [-0.05, 0) is 27.7 Å². The Balaban J connectivity index is 4.27. The number of hydrazine groups is 2. The molecule has 0 aromatic rings. The van der Waals surface area contributed by atoms with E-state index in [0.717, 1.165) is 12.2 Å². The van der Waals surface area contributed by atoms with Crippen molar-refractivity contribution in [3.8, 4) is 0 Å². The second kappa shape index (κ2) is 11.5. The molecule has 0 atom stereocenters. The number of carbonyl (C=O) groups excluding carboxylic acids is 4. The van der Waals surface area contributed by atoms with Gasteiger partial charge in [0.2, 0.25) is 0 Å². The summed E-state index contributed by atoms with van der Waals surface area (Å²) >= 11 is 0. The van der Waals surface area contributed by atoms with Crippen LogP contribution in [-0.2, 0) is 28.7 Å². The van der Waals surface area contributed by atoms with Crippen LogP contribution in [-0.4, -0.2) is 37.0 Å². The first-order chi connectivity index (χ1) is 11.3. The highest BCUT2D eigenvalue weighted by atomic mass is 16.5. The van der Waals surface area contributed by atoms with Gasteiger partial charge in [-0.3, -0.25) is 20.4 Å². The number of rotatable bonds is 8. The minimum atomic E-state index is -1.01. The van der Waals surface area contributed by atoms with E-state index in [9.17, 15) is 19.2 Å². The summed E-state index contributed by atoms with van der Waals surface area (Å²) in [5, 5.41) is 0. The van der Waals surface area contributed by atoms with Crippen LogP contribution in [0.25, 0.3) is 0 Å². The van der Waals surface area contributed by atoms with Gasteiger partial charge < -0.3 is 20.3 Å². The van der Waals surface area contributed by atoms with E-state index in [4.69, 9.17) is 0 Å². The Kier molecular flexibility index (Phi) is 10.1. The van der Waals surface area contributed by atoms with Crippen LogP contribution in [0.15, 0.2) is 23.5 Å². The van der Waals surface area contributed by atoms with Gasteiger partial charge in [0.25, 0.3) is 0 Å². The number of hydrogen-bond donors (Lipinski definition) is 4. The van der Waals surface area contributed by atoms with E-state index < -0.39 is 23.8 Å². The molecule has 4 N–H and O–H groups in total. The Bertz CT molecular complexity index is 493. The lowest BCUT2D eigenvalue weighted by Crippen LogP contribution is -2.49. The molecule has 0 heterocycles. The smallest absolute Gasteiger partial charge is 0.332 e. The van der Waals surface area contributed by atoms with E-state index >= 15 is 0 Å². The first kappa shape index (κ1) is 21.0. The fraction of sp³-hybridized carbons (Fsp3) is 0.429. The van der Waals surface area contributed by atoms with E-state index in [2.05, 4.69) is 31.2 Å². The maximum Gasteiger partial charge on any atom is 0.332 e. The van der Waals surface area contributed by atoms with Gasteiger partial charge in [0, 0.05) is 23.5 Å². The van der Waals surface area contributed by atoms with Gasteiger partial charge in [-0.15, -0.1) is 0 Å². The highest BCUT2D eigenvalue weighted by Crippen LogP contribution is 1.89. The first-order valence-corrected chi connectivity index (χ1v) is 7.12. The third-order valence-corrected chi connectivity index (χ3v) is 2.19. The first-order valence-electron chi connectivity index (χ1n) is 7.12. The van der Waals surface area contributed by atoms with Gasteiger partial charge in [-0.25, -0.2) is 9.59 Å². The van der Waals surface area contributed by atoms with Crippen LogP contribution in [0.1, 0.15) is 27.7 Å². The van der Waals surface area contributed by atoms with Gasteiger partial charge in [-0.2, -0.15) is 0 Å². The van der Waals surface area contributed by atoms with Gasteiger partial charge >= 0.3 is 23.8 Å². The van der Waals surface area contributed by atoms with Crippen LogP contribution < -0.4 is 21.7 Å². The number of carbonyl (C=O) groups is 4. The minimum absolute atomic E-state index is 0.224. The molecule has 0 saturated heterocycles. The lowest BCUT2D eigenvalue weighted by molar-refractivity contribution is -0.140. The molecule has 10 heteroatoms. The summed E-state index contributed by atoms with van der Waals surface area (Å²) in [5.74, 6) is -3.18. The zero-order valence-corrected chi connectivity index (χ0v) is 14.0. The van der Waals surface area contributed by atoms with Crippen molar-refractivity contribution in [3.05, 3.63) is 23.5 Å². The van der Waals surface area contributed by atoms with Crippen LogP contribution in [0.5, 0.6) is 0 Å². The van der Waals surface area contributed by atoms with Crippen LogP contribution in [0.3, 0.4) is 0 Å². The molecule has 0 aliphatic rings. The zero-order valence-electron chi connectivity index (χ0n) is 14.0. The largest absolute Gasteiger partial charge is 0.463 e. The molecule has 0 aromatic heterocycles. The molecule has 0 aliphatic carbocycles. The third kappa shape index (κ3) is 9.82. The maximum atomic E-state index is 11.5. The predicted octanol–water partition coefficient (Wildman–Crippen LogP) is -0.838. The number of allylic oxidation sites excluding steroid dienone is 2. The normalized spacial score (nSPS) is 11.2. The maximum absolute atomic E-state index is 11.5. The molecule has 0 fully saturated rings. The van der Waals surface area contributed by atoms with Crippen molar-refractivity contribution in [2.24, 2.45) is 0 Å². The average molecular weight is 342 g/mol. The van der Waals surface area contributed by atoms with Crippen molar-refractivity contribution in [1.82, 2.24) is 21.7 Å². The second-order valence-electron chi connectivity index (χ2n) is 4.32. The number of nitrogens with one attached hydrogen (secondary N) is 4. The Morgan fingerprint density at radius 1 is 0.708 bits per heavy atom. The minimum Gasteiger partial charge on any atom is -0.463 e. The van der Waals surface area contributed by atoms with Crippen molar-refractivity contribution in [1.29, 1.82) is 0 Å². The highest BCUT2D eigenvalue weighted by Gasteiger charge is 2.13. The Labute approximate surface area is 139 Å². The molecule has 2 amide bonds. The summed E-state index contributed by atoms with van der Waals surface area (Å²) < 4.78 is 9.36. The molecule has 0 radical (unpaired) electrons. The second-order valence-corrected chi connectivity index (χ2v) is 4.32. The quantitative estimate of drug-likeness (QED) is 0.194. The van der Waals surface area contributed by atoms with Crippen LogP contribution in [0.4, 0.5) is 0 Å². The molecule has 0 saturated carbocycles. The summed E-state index contributed by atoms with van der Waals surface area (Å²) in [6.45, 7) is 6.76. The van der Waals surface area contributed by atoms with Gasteiger partial charge in [-0.1, -0.05) is 0 Å². The lowest BCUT2D eigenvalue weighted by Gasteiger charge is -2.10. The standard InChI is InChI=1S/C14H22N4O6/c1-5-23-11(19)7-9(3)15-17-13(21)14(22)18-16-10(4)8-12(20)24-6-2/h7-8,15-16H,5-6H2,1-4H3,(H,17,21)(H,18,22)/b9-7-,10-8-. The van der Waals surface area contributed by atoms with Crippen molar-refractivity contribution in [2.75, 3.05) is 13.2 Å². The Morgan fingerprint density at radius 2 is 1.04 bits per heavy atom. The fourth-order valence-corrected chi connectivity index (χ4v) is 1.22. The molecule has 0 aromatic carbocycles. The van der Waals surface area contributed by atoms with E-state index in [1.807, 2.05) is 0 Å². The average Bonchev–Trinajstić information content (AvgIpc) is 2.50. The lowest BCUT2D eigenvalue weighted by atomic mass is 10.4. The molecule has 0 rings (SSSR count). The molecule has 0 aliphatic heterocycles. The fourth-order valence-electron chi connectivity index (χ4n) is 1.22. The van der Waals surface area contributed by atoms with E-state index in [-0.39, 0.29) is 24.6 Å². The van der Waals surface area contributed by atoms with Gasteiger partial charge in [0.05, 0.1) is 13.2 Å². The molecular formula is C14H22N4O6. The molecule has 0 spiro atoms. The number of amides is 2. The van der Waals surface area contributed by atoms with Gasteiger partial charge in [0.15, 0.2) is 0 Å². The Morgan fingerprint density at radius 3 is 1.33 bits per heavy atom. The van der Waals surface area contributed by atoms with Crippen LogP contribution in [0.2, 0.25) is 0 Å². The topological polar surface area (TPSA) is 135 Å². The summed E-state index contributed by atoms with van der Waals surface area (Å²) in [7, 11) is 0. The van der Waals surface area contributed by atoms with E-state index in [1.165, 1.54) is 13.8 Å². The summed E-state index contributed by atoms with van der Waals surface area (Å²) in [6, 6.07) is 0. The van der Waals surface area contributed by atoms with Gasteiger partial charge in [0.1, 0.15) is 0 Å². The highest BCUT2D eigenvalue weighted by molar-refractivity contribution is 6.34. The van der Waals surface area contributed by atoms with Crippen molar-refractivity contribution >= 4 is 23.8 Å². The monoisotopic (exact) mass is 342 g/mol. The van der Waals surface area contributed by atoms with E-state index in [0.29, 0.717) is 0 Å². The van der Waals surface area contributed by atoms with Crippen molar-refractivity contribution < 1.29 is 28.7 Å². The van der Waals surface area contributed by atoms with Crippen LogP contribution >= 0.6 is 0 Å². The predicted molar refractivity (Wildman–Crippen MR) is 83.3 cm³/mol. The van der Waals surface area contributed by atoms with E-state index in [1.54, 1.807) is 13.8 Å². The molecule has 134 valence electrons. The molecule has 0 unspecified atom stereocenters. The summed E-state index contributed by atoms with van der Waals surface area (Å²) in [5.41, 5.74) is 9.48. The number of hydrogen-bond acceptors (Lipinski definition) is 8. The molecule has 10 nitrogen and oxygen atoms in total. The van der Waals surface area contributed by atoms with Crippen LogP contribution in [0, 0.1) is 0 Å². The molecular weight excluding hydrogens is 320 g/mol.